The molecule has 1 aliphatic heterocycles. The number of hydrogen-bond acceptors (Lipinski definition) is 4. The Labute approximate surface area is 167 Å². The van der Waals surface area contributed by atoms with Crippen LogP contribution in [0.3, 0.4) is 0 Å². The predicted octanol–water partition coefficient (Wildman–Crippen LogP) is 4.21. The molecular formula is C22H21F2NO4. The molecule has 1 heterocycles. The molecule has 2 atom stereocenters. The Hall–Kier alpha value is -3.22. The van der Waals surface area contributed by atoms with Crippen LogP contribution in [0.25, 0.3) is 6.08 Å². The molecule has 7 heteroatoms. The summed E-state index contributed by atoms with van der Waals surface area (Å²) in [7, 11) is 0. The summed E-state index contributed by atoms with van der Waals surface area (Å²) in [5.74, 6) is -0.921. The molecule has 0 N–H and O–H groups in total. The molecule has 0 bridgehead atoms. The molecule has 1 amide bonds. The summed E-state index contributed by atoms with van der Waals surface area (Å²) < 4.78 is 33.8. The van der Waals surface area contributed by atoms with Crippen LogP contribution >= 0.6 is 0 Å². The fourth-order valence-electron chi connectivity index (χ4n) is 3.29. The van der Waals surface area contributed by atoms with Crippen molar-refractivity contribution in [1.29, 1.82) is 0 Å². The van der Waals surface area contributed by atoms with E-state index in [1.54, 1.807) is 4.90 Å². The van der Waals surface area contributed by atoms with Gasteiger partial charge in [-0.25, -0.2) is 4.79 Å². The van der Waals surface area contributed by atoms with Gasteiger partial charge in [-0.2, -0.15) is 8.78 Å². The lowest BCUT2D eigenvalue weighted by molar-refractivity contribution is -0.149. The number of carbonyl (C=O) groups is 2. The number of anilines is 1. The summed E-state index contributed by atoms with van der Waals surface area (Å²) >= 11 is 0. The molecule has 0 radical (unpaired) electrons. The van der Waals surface area contributed by atoms with Crippen molar-refractivity contribution in [2.75, 3.05) is 4.90 Å². The average Bonchev–Trinajstić information content (AvgIpc) is 3.02. The number of halogens is 2. The number of nitrogens with zero attached hydrogens (tertiary/aromatic N) is 1. The number of para-hydroxylation sites is 1. The molecule has 152 valence electrons. The zero-order chi connectivity index (χ0) is 21.0. The number of rotatable bonds is 6. The number of esters is 1. The van der Waals surface area contributed by atoms with E-state index in [0.29, 0.717) is 5.56 Å². The van der Waals surface area contributed by atoms with Crippen molar-refractivity contribution >= 4 is 23.6 Å². The number of hydrogen-bond donors (Lipinski definition) is 0. The van der Waals surface area contributed by atoms with Gasteiger partial charge in [0.25, 0.3) is 5.91 Å². The molecule has 2 aromatic carbocycles. The summed E-state index contributed by atoms with van der Waals surface area (Å²) in [6, 6.07) is 13.4. The van der Waals surface area contributed by atoms with Crippen molar-refractivity contribution in [2.45, 2.75) is 39.0 Å². The van der Waals surface area contributed by atoms with Crippen molar-refractivity contribution < 1.29 is 27.8 Å². The second kappa shape index (κ2) is 8.86. The highest BCUT2D eigenvalue weighted by molar-refractivity contribution is 6.00. The van der Waals surface area contributed by atoms with Crippen LogP contribution in [0.4, 0.5) is 14.5 Å². The first-order chi connectivity index (χ1) is 13.8. The molecule has 0 aromatic heterocycles. The highest BCUT2D eigenvalue weighted by Crippen LogP contribution is 2.32. The van der Waals surface area contributed by atoms with E-state index in [2.05, 4.69) is 4.74 Å². The van der Waals surface area contributed by atoms with E-state index >= 15 is 0 Å². The molecule has 0 unspecified atom stereocenters. The lowest BCUT2D eigenvalue weighted by atomic mass is 10.1. The minimum absolute atomic E-state index is 0.00873. The zero-order valence-electron chi connectivity index (χ0n) is 16.0. The Morgan fingerprint density at radius 3 is 2.52 bits per heavy atom. The van der Waals surface area contributed by atoms with E-state index in [1.807, 2.05) is 31.2 Å². The largest absolute Gasteiger partial charge is 0.449 e. The summed E-state index contributed by atoms with van der Waals surface area (Å²) in [5, 5.41) is 0. The lowest BCUT2D eigenvalue weighted by Gasteiger charge is -2.25. The topological polar surface area (TPSA) is 55.8 Å². The van der Waals surface area contributed by atoms with Gasteiger partial charge in [-0.05, 0) is 55.7 Å². The molecule has 3 rings (SSSR count). The van der Waals surface area contributed by atoms with Gasteiger partial charge < -0.3 is 14.4 Å². The molecule has 0 fully saturated rings. The van der Waals surface area contributed by atoms with E-state index in [1.165, 1.54) is 43.3 Å². The number of alkyl halides is 2. The molecule has 0 saturated heterocycles. The van der Waals surface area contributed by atoms with Gasteiger partial charge in [-0.3, -0.25) is 4.79 Å². The Morgan fingerprint density at radius 2 is 1.83 bits per heavy atom. The number of fused-ring (bicyclic) bond motifs is 1. The van der Waals surface area contributed by atoms with Gasteiger partial charge in [-0.1, -0.05) is 30.3 Å². The second-order valence-corrected chi connectivity index (χ2v) is 6.75. The third-order valence-electron chi connectivity index (χ3n) is 4.60. The van der Waals surface area contributed by atoms with Crippen LogP contribution in [-0.4, -0.2) is 30.6 Å². The number of carbonyl (C=O) groups excluding carboxylic acids is 2. The summed E-state index contributed by atoms with van der Waals surface area (Å²) in [6.07, 6.45) is 2.48. The maximum atomic E-state index is 12.8. The first-order valence-corrected chi connectivity index (χ1v) is 9.19. The Balaban J connectivity index is 1.59. The van der Waals surface area contributed by atoms with Gasteiger partial charge in [0.2, 0.25) is 0 Å². The Morgan fingerprint density at radius 1 is 1.14 bits per heavy atom. The molecular weight excluding hydrogens is 380 g/mol. The Bertz CT molecular complexity index is 911. The zero-order valence-corrected chi connectivity index (χ0v) is 16.0. The average molecular weight is 401 g/mol. The standard InChI is InChI=1S/C22H21F2NO4/c1-14-13-17-5-3-4-6-19(17)25(14)21(27)15(2)28-20(26)12-9-16-7-10-18(11-8-16)29-22(23)24/h3-12,14-15,22H,13H2,1-2H3/b12-9+/t14-,15-/m0/s1. The van der Waals surface area contributed by atoms with Crippen molar-refractivity contribution in [3.63, 3.8) is 0 Å². The first kappa shape index (κ1) is 20.5. The highest BCUT2D eigenvalue weighted by atomic mass is 19.3. The third kappa shape index (κ3) is 4.99. The van der Waals surface area contributed by atoms with Crippen LogP contribution < -0.4 is 9.64 Å². The van der Waals surface area contributed by atoms with E-state index in [9.17, 15) is 18.4 Å². The smallest absolute Gasteiger partial charge is 0.387 e. The van der Waals surface area contributed by atoms with E-state index in [-0.39, 0.29) is 17.7 Å². The van der Waals surface area contributed by atoms with Crippen molar-refractivity contribution in [3.05, 3.63) is 65.7 Å². The predicted molar refractivity (Wildman–Crippen MR) is 105 cm³/mol. The molecule has 29 heavy (non-hydrogen) atoms. The van der Waals surface area contributed by atoms with Gasteiger partial charge in [0.15, 0.2) is 6.10 Å². The first-order valence-electron chi connectivity index (χ1n) is 9.19. The molecule has 2 aromatic rings. The van der Waals surface area contributed by atoms with Gasteiger partial charge in [0.1, 0.15) is 5.75 Å². The van der Waals surface area contributed by atoms with E-state index in [4.69, 9.17) is 4.74 Å². The quantitative estimate of drug-likeness (QED) is 0.538. The molecule has 0 aliphatic carbocycles. The van der Waals surface area contributed by atoms with Crippen LogP contribution in [-0.2, 0) is 20.7 Å². The van der Waals surface area contributed by atoms with E-state index in [0.717, 1.165) is 17.7 Å². The van der Waals surface area contributed by atoms with Crippen molar-refractivity contribution in [2.24, 2.45) is 0 Å². The summed E-state index contributed by atoms with van der Waals surface area (Å²) in [4.78, 5) is 26.6. The van der Waals surface area contributed by atoms with E-state index < -0.39 is 18.7 Å². The monoisotopic (exact) mass is 401 g/mol. The molecule has 0 spiro atoms. The number of ether oxygens (including phenoxy) is 2. The van der Waals surface area contributed by atoms with Crippen LogP contribution in [0.15, 0.2) is 54.6 Å². The number of amides is 1. The molecule has 1 aliphatic rings. The van der Waals surface area contributed by atoms with Crippen LogP contribution in [0, 0.1) is 0 Å². The van der Waals surface area contributed by atoms with Crippen LogP contribution in [0.5, 0.6) is 5.75 Å². The third-order valence-corrected chi connectivity index (χ3v) is 4.60. The minimum Gasteiger partial charge on any atom is -0.449 e. The van der Waals surface area contributed by atoms with Crippen molar-refractivity contribution in [3.8, 4) is 5.75 Å². The van der Waals surface area contributed by atoms with Gasteiger partial charge in [0.05, 0.1) is 0 Å². The van der Waals surface area contributed by atoms with Gasteiger partial charge in [0, 0.05) is 17.8 Å². The summed E-state index contributed by atoms with van der Waals surface area (Å²) in [5.41, 5.74) is 2.53. The SMILES string of the molecule is C[C@H](OC(=O)/C=C/c1ccc(OC(F)F)cc1)C(=O)N1c2ccccc2C[C@@H]1C. The Kier molecular flexibility index (Phi) is 6.26. The fourth-order valence-corrected chi connectivity index (χ4v) is 3.29. The highest BCUT2D eigenvalue weighted by Gasteiger charge is 2.34. The van der Waals surface area contributed by atoms with Gasteiger partial charge in [-0.15, -0.1) is 0 Å². The second-order valence-electron chi connectivity index (χ2n) is 6.75. The van der Waals surface area contributed by atoms with Crippen LogP contribution in [0.2, 0.25) is 0 Å². The number of benzene rings is 2. The maximum absolute atomic E-state index is 12.8. The van der Waals surface area contributed by atoms with Crippen LogP contribution in [0.1, 0.15) is 25.0 Å². The molecule has 5 nitrogen and oxygen atoms in total. The van der Waals surface area contributed by atoms with Crippen molar-refractivity contribution in [1.82, 2.24) is 0 Å². The lowest BCUT2D eigenvalue weighted by Crippen LogP contribution is -2.43. The van der Waals surface area contributed by atoms with Gasteiger partial charge >= 0.3 is 12.6 Å². The summed E-state index contributed by atoms with van der Waals surface area (Å²) in [6.45, 7) is 0.599. The maximum Gasteiger partial charge on any atom is 0.387 e. The minimum atomic E-state index is -2.89. The normalized spacial score (nSPS) is 16.7. The molecule has 0 saturated carbocycles. The fraction of sp³-hybridized carbons (Fsp3) is 0.273.